The average Bonchev–Trinajstić information content (AvgIpc) is 3.07. The smallest absolute Gasteiger partial charge is 0.208 e. The minimum Gasteiger partial charge on any atom is -0.480 e. The summed E-state index contributed by atoms with van der Waals surface area (Å²) in [6, 6.07) is 0. The molecule has 0 aliphatic carbocycles. The van der Waals surface area contributed by atoms with Crippen molar-refractivity contribution in [1.82, 2.24) is 0 Å². The molecular formula is C12H10O4S4. The van der Waals surface area contributed by atoms with Crippen LogP contribution in [0.15, 0.2) is 41.0 Å². The van der Waals surface area contributed by atoms with Crippen molar-refractivity contribution in [3.05, 3.63) is 41.0 Å². The van der Waals surface area contributed by atoms with Crippen LogP contribution in [0.3, 0.4) is 0 Å². The number of rotatable bonds is 1. The topological polar surface area (TPSA) is 36.9 Å². The fourth-order valence-electron chi connectivity index (χ4n) is 1.74. The van der Waals surface area contributed by atoms with Gasteiger partial charge in [0.15, 0.2) is 0 Å². The number of thioether (sulfide) groups is 4. The third-order valence-electron chi connectivity index (χ3n) is 2.56. The van der Waals surface area contributed by atoms with Crippen molar-refractivity contribution in [2.45, 2.75) is 0 Å². The zero-order valence-corrected chi connectivity index (χ0v) is 13.5. The van der Waals surface area contributed by atoms with E-state index >= 15 is 0 Å². The van der Waals surface area contributed by atoms with Gasteiger partial charge in [0.2, 0.25) is 20.4 Å². The average molecular weight is 346 g/mol. The zero-order chi connectivity index (χ0) is 13.4. The van der Waals surface area contributed by atoms with E-state index in [-0.39, 0.29) is 0 Å². The lowest BCUT2D eigenvalue weighted by Crippen LogP contribution is -2.08. The molecule has 0 aromatic heterocycles. The van der Waals surface area contributed by atoms with Crippen molar-refractivity contribution >= 4 is 47.0 Å². The number of hydrogen-bond acceptors (Lipinski definition) is 8. The number of hydrogen-bond donors (Lipinski definition) is 0. The molecule has 4 aliphatic heterocycles. The molecule has 0 fully saturated rings. The van der Waals surface area contributed by atoms with Gasteiger partial charge in [-0.1, -0.05) is 0 Å². The second-order valence-corrected chi connectivity index (χ2v) is 8.50. The monoisotopic (exact) mass is 346 g/mol. The summed E-state index contributed by atoms with van der Waals surface area (Å²) in [5.41, 5.74) is 0. The van der Waals surface area contributed by atoms with Crippen molar-refractivity contribution in [3.63, 3.8) is 0 Å². The molecule has 0 saturated heterocycles. The third-order valence-corrected chi connectivity index (χ3v) is 7.12. The molecule has 0 amide bonds. The molecule has 0 atom stereocenters. The molecule has 106 valence electrons. The van der Waals surface area contributed by atoms with E-state index in [9.17, 15) is 0 Å². The van der Waals surface area contributed by atoms with Crippen molar-refractivity contribution in [1.29, 1.82) is 0 Å². The maximum atomic E-state index is 5.56. The molecule has 4 heterocycles. The predicted octanol–water partition coefficient (Wildman–Crippen LogP) is 3.98. The molecule has 0 N–H and O–H groups in total. The van der Waals surface area contributed by atoms with Crippen LogP contribution in [0.1, 0.15) is 0 Å². The van der Waals surface area contributed by atoms with Crippen LogP contribution in [0.5, 0.6) is 0 Å². The Bertz CT molecular complexity index is 474. The normalized spacial score (nSPS) is 24.4. The third kappa shape index (κ3) is 2.66. The molecule has 4 rings (SSSR count). The largest absolute Gasteiger partial charge is 0.480 e. The first-order valence-electron chi connectivity index (χ1n) is 6.01. The van der Waals surface area contributed by atoms with Crippen LogP contribution in [0.25, 0.3) is 0 Å². The van der Waals surface area contributed by atoms with Gasteiger partial charge >= 0.3 is 0 Å². The minimum atomic E-state index is 0.637. The van der Waals surface area contributed by atoms with E-state index < -0.39 is 0 Å². The Kier molecular flexibility index (Phi) is 3.80. The Morgan fingerprint density at radius 2 is 0.850 bits per heavy atom. The second kappa shape index (κ2) is 5.75. The number of ether oxygens (including phenoxy) is 4. The highest BCUT2D eigenvalue weighted by Crippen LogP contribution is 2.53. The second-order valence-electron chi connectivity index (χ2n) is 3.92. The molecule has 8 heteroatoms. The van der Waals surface area contributed by atoms with Gasteiger partial charge in [0.05, 0.1) is 8.47 Å². The van der Waals surface area contributed by atoms with Crippen LogP contribution >= 0.6 is 47.0 Å². The summed E-state index contributed by atoms with van der Waals surface area (Å²) < 4.78 is 24.6. The summed E-state index contributed by atoms with van der Waals surface area (Å²) in [6.45, 7) is 2.55. The summed E-state index contributed by atoms with van der Waals surface area (Å²) in [6.07, 6.45) is 4.18. The highest BCUT2D eigenvalue weighted by Gasteiger charge is 2.28. The van der Waals surface area contributed by atoms with E-state index in [0.717, 1.165) is 28.8 Å². The van der Waals surface area contributed by atoms with E-state index in [1.165, 1.54) is 0 Å². The molecule has 0 aromatic carbocycles. The van der Waals surface area contributed by atoms with Crippen molar-refractivity contribution in [2.24, 2.45) is 0 Å². The fourth-order valence-corrected chi connectivity index (χ4v) is 5.89. The van der Waals surface area contributed by atoms with Gasteiger partial charge in [-0.2, -0.15) is 0 Å². The molecule has 0 unspecified atom stereocenters. The van der Waals surface area contributed by atoms with Gasteiger partial charge in [-0.15, -0.1) is 0 Å². The quantitative estimate of drug-likeness (QED) is 0.706. The molecule has 20 heavy (non-hydrogen) atoms. The summed E-state index contributed by atoms with van der Waals surface area (Å²) in [7, 11) is 0. The first-order valence-corrected chi connectivity index (χ1v) is 9.28. The van der Waals surface area contributed by atoms with Crippen LogP contribution in [0.4, 0.5) is 0 Å². The molecule has 0 spiro atoms. The van der Waals surface area contributed by atoms with Gasteiger partial charge in [0.25, 0.3) is 0 Å². The SMILES string of the molecule is C(C=C1SC2=C(OCCO2)S1)=C1SC2=C(OCCO2)S1. The molecule has 4 aliphatic rings. The Balaban J connectivity index is 1.42. The lowest BCUT2D eigenvalue weighted by Gasteiger charge is -2.13. The summed E-state index contributed by atoms with van der Waals surface area (Å²) >= 11 is 6.48. The Morgan fingerprint density at radius 3 is 1.15 bits per heavy atom. The fraction of sp³-hybridized carbons (Fsp3) is 0.333. The summed E-state index contributed by atoms with van der Waals surface area (Å²) in [5.74, 6) is 0. The van der Waals surface area contributed by atoms with Gasteiger partial charge < -0.3 is 18.9 Å². The van der Waals surface area contributed by atoms with E-state index in [2.05, 4.69) is 12.2 Å². The van der Waals surface area contributed by atoms with Gasteiger partial charge in [0.1, 0.15) is 26.4 Å². The van der Waals surface area contributed by atoms with Gasteiger partial charge in [-0.25, -0.2) is 0 Å². The minimum absolute atomic E-state index is 0.637. The molecular weight excluding hydrogens is 336 g/mol. The van der Waals surface area contributed by atoms with Gasteiger partial charge in [-0.3, -0.25) is 0 Å². The Labute approximate surface area is 133 Å². The van der Waals surface area contributed by atoms with Gasteiger partial charge in [-0.05, 0) is 59.2 Å². The van der Waals surface area contributed by atoms with Crippen LogP contribution in [0.2, 0.25) is 0 Å². The lowest BCUT2D eigenvalue weighted by atomic mass is 10.6. The lowest BCUT2D eigenvalue weighted by molar-refractivity contribution is 0.0949. The van der Waals surface area contributed by atoms with E-state index in [0.29, 0.717) is 26.4 Å². The first-order chi connectivity index (χ1) is 9.88. The van der Waals surface area contributed by atoms with Crippen molar-refractivity contribution in [3.8, 4) is 0 Å². The highest BCUT2D eigenvalue weighted by molar-refractivity contribution is 8.28. The predicted molar refractivity (Wildman–Crippen MR) is 84.4 cm³/mol. The molecule has 0 bridgehead atoms. The standard InChI is InChI=1S/C12H10O4S4/c1(7-17-9-10(18-7)14-4-3-13-9)2-8-19-11-12(20-8)16-6-5-15-11/h1-2H,3-6H2. The Morgan fingerprint density at radius 1 is 0.550 bits per heavy atom. The molecule has 0 saturated carbocycles. The Hall–Kier alpha value is -0.440. The molecule has 0 aromatic rings. The van der Waals surface area contributed by atoms with Crippen LogP contribution < -0.4 is 0 Å². The highest BCUT2D eigenvalue weighted by atomic mass is 32.2. The molecule has 4 nitrogen and oxygen atoms in total. The van der Waals surface area contributed by atoms with E-state index in [1.54, 1.807) is 47.0 Å². The van der Waals surface area contributed by atoms with Gasteiger partial charge in [0, 0.05) is 0 Å². The molecule has 0 radical (unpaired) electrons. The van der Waals surface area contributed by atoms with Crippen molar-refractivity contribution in [2.75, 3.05) is 26.4 Å². The first kappa shape index (κ1) is 13.2. The maximum Gasteiger partial charge on any atom is 0.208 e. The van der Waals surface area contributed by atoms with E-state index in [4.69, 9.17) is 18.9 Å². The zero-order valence-electron chi connectivity index (χ0n) is 10.2. The number of allylic oxidation sites excluding steroid dienone is 2. The van der Waals surface area contributed by atoms with Crippen molar-refractivity contribution < 1.29 is 18.9 Å². The summed E-state index contributed by atoms with van der Waals surface area (Å²) in [5, 5.41) is 3.56. The van der Waals surface area contributed by atoms with E-state index in [1.807, 2.05) is 0 Å². The van der Waals surface area contributed by atoms with Crippen LogP contribution in [-0.4, -0.2) is 26.4 Å². The summed E-state index contributed by atoms with van der Waals surface area (Å²) in [4.78, 5) is 0. The maximum absolute atomic E-state index is 5.56. The van der Waals surface area contributed by atoms with Crippen LogP contribution in [0, 0.1) is 0 Å². The van der Waals surface area contributed by atoms with Crippen LogP contribution in [-0.2, 0) is 18.9 Å².